The fourth-order valence-corrected chi connectivity index (χ4v) is 2.78. The van der Waals surface area contributed by atoms with E-state index in [0.29, 0.717) is 12.5 Å². The quantitative estimate of drug-likeness (QED) is 0.380. The van der Waals surface area contributed by atoms with Crippen molar-refractivity contribution in [2.24, 2.45) is 10.9 Å². The highest BCUT2D eigenvalue weighted by atomic mass is 127. The van der Waals surface area contributed by atoms with E-state index in [0.717, 1.165) is 56.6 Å². The Balaban J connectivity index is 0.00000364. The van der Waals surface area contributed by atoms with E-state index >= 15 is 0 Å². The number of nitrogens with zero attached hydrogens (tertiary/aromatic N) is 3. The maximum atomic E-state index is 11.5. The molecule has 0 atom stereocenters. The molecule has 1 N–H and O–H groups in total. The lowest BCUT2D eigenvalue weighted by Crippen LogP contribution is -2.53. The van der Waals surface area contributed by atoms with Gasteiger partial charge in [0, 0.05) is 39.6 Å². The Hall–Kier alpha value is -1.51. The van der Waals surface area contributed by atoms with E-state index < -0.39 is 0 Å². The Morgan fingerprint density at radius 2 is 1.74 bits per heavy atom. The fraction of sp³-hybridized carbons (Fsp3) is 0.600. The first-order valence-electron chi connectivity index (χ1n) is 9.50. The average molecular weight is 488 g/mol. The van der Waals surface area contributed by atoms with E-state index in [4.69, 9.17) is 9.73 Å². The molecular weight excluding hydrogens is 455 g/mol. The standard InChI is InChI=1S/C20H32N4O2.HI/c1-5-21-20(24-12-10-23(11-13-24)17(4)25)22-14-18-6-8-19(9-7-18)26-15-16(2)3;/h6-9,16H,5,10-15H2,1-4H3,(H,21,22);1H. The van der Waals surface area contributed by atoms with Crippen LogP contribution in [0.5, 0.6) is 5.75 Å². The third-order valence-corrected chi connectivity index (χ3v) is 4.28. The van der Waals surface area contributed by atoms with Gasteiger partial charge < -0.3 is 19.9 Å². The number of hydrogen-bond donors (Lipinski definition) is 1. The van der Waals surface area contributed by atoms with Crippen molar-refractivity contribution >= 4 is 35.8 Å². The smallest absolute Gasteiger partial charge is 0.219 e. The molecule has 7 heteroatoms. The molecule has 1 aromatic carbocycles. The van der Waals surface area contributed by atoms with Crippen molar-refractivity contribution in [2.75, 3.05) is 39.3 Å². The highest BCUT2D eigenvalue weighted by Gasteiger charge is 2.20. The van der Waals surface area contributed by atoms with Crippen LogP contribution in [-0.2, 0) is 11.3 Å². The van der Waals surface area contributed by atoms with Crippen molar-refractivity contribution in [3.05, 3.63) is 29.8 Å². The molecule has 0 radical (unpaired) electrons. The summed E-state index contributed by atoms with van der Waals surface area (Å²) in [5, 5.41) is 3.36. The van der Waals surface area contributed by atoms with Crippen LogP contribution in [0.15, 0.2) is 29.3 Å². The van der Waals surface area contributed by atoms with Crippen LogP contribution in [0.4, 0.5) is 0 Å². The molecule has 0 bridgehead atoms. The molecule has 0 aromatic heterocycles. The minimum absolute atomic E-state index is 0. The minimum atomic E-state index is 0. The molecule has 1 saturated heterocycles. The van der Waals surface area contributed by atoms with Crippen LogP contribution in [0, 0.1) is 5.92 Å². The molecule has 1 aromatic rings. The van der Waals surface area contributed by atoms with Gasteiger partial charge >= 0.3 is 0 Å². The molecule has 0 aliphatic carbocycles. The van der Waals surface area contributed by atoms with Crippen molar-refractivity contribution in [2.45, 2.75) is 34.2 Å². The third-order valence-electron chi connectivity index (χ3n) is 4.28. The molecule has 1 aliphatic rings. The number of rotatable bonds is 6. The average Bonchev–Trinajstić information content (AvgIpc) is 2.64. The Labute approximate surface area is 180 Å². The van der Waals surface area contributed by atoms with Crippen molar-refractivity contribution in [1.82, 2.24) is 15.1 Å². The number of ether oxygens (including phenoxy) is 1. The van der Waals surface area contributed by atoms with Crippen LogP contribution >= 0.6 is 24.0 Å². The predicted octanol–water partition coefficient (Wildman–Crippen LogP) is 2.97. The monoisotopic (exact) mass is 488 g/mol. The van der Waals surface area contributed by atoms with E-state index in [2.05, 4.69) is 43.1 Å². The van der Waals surface area contributed by atoms with Gasteiger partial charge in [0.05, 0.1) is 13.2 Å². The van der Waals surface area contributed by atoms with E-state index in [-0.39, 0.29) is 29.9 Å². The molecule has 1 aliphatic heterocycles. The van der Waals surface area contributed by atoms with E-state index in [9.17, 15) is 4.79 Å². The van der Waals surface area contributed by atoms with Crippen LogP contribution in [0.2, 0.25) is 0 Å². The summed E-state index contributed by atoms with van der Waals surface area (Å²) in [6.07, 6.45) is 0. The number of piperazine rings is 1. The Morgan fingerprint density at radius 3 is 2.26 bits per heavy atom. The van der Waals surface area contributed by atoms with Gasteiger partial charge in [-0.25, -0.2) is 4.99 Å². The molecule has 0 spiro atoms. The van der Waals surface area contributed by atoms with Crippen molar-refractivity contribution in [3.8, 4) is 5.75 Å². The van der Waals surface area contributed by atoms with E-state index in [1.807, 2.05) is 17.0 Å². The molecule has 152 valence electrons. The minimum Gasteiger partial charge on any atom is -0.493 e. The van der Waals surface area contributed by atoms with Crippen LogP contribution in [0.25, 0.3) is 0 Å². The number of carbonyl (C=O) groups is 1. The second-order valence-electron chi connectivity index (χ2n) is 7.01. The first-order valence-corrected chi connectivity index (χ1v) is 9.50. The predicted molar refractivity (Wildman–Crippen MR) is 121 cm³/mol. The first kappa shape index (κ1) is 23.5. The van der Waals surface area contributed by atoms with Gasteiger partial charge in [-0.2, -0.15) is 0 Å². The number of benzene rings is 1. The number of nitrogens with one attached hydrogen (secondary N) is 1. The van der Waals surface area contributed by atoms with Crippen LogP contribution in [-0.4, -0.2) is 61.0 Å². The zero-order chi connectivity index (χ0) is 18.9. The number of guanidine groups is 1. The topological polar surface area (TPSA) is 57.2 Å². The van der Waals surface area contributed by atoms with Gasteiger partial charge in [0.15, 0.2) is 5.96 Å². The SMILES string of the molecule is CCNC(=NCc1ccc(OCC(C)C)cc1)N1CCN(C(C)=O)CC1.I. The van der Waals surface area contributed by atoms with Gasteiger partial charge in [-0.1, -0.05) is 26.0 Å². The summed E-state index contributed by atoms with van der Waals surface area (Å²) in [5.41, 5.74) is 1.15. The normalized spacial score (nSPS) is 14.8. The lowest BCUT2D eigenvalue weighted by atomic mass is 10.2. The largest absolute Gasteiger partial charge is 0.493 e. The second-order valence-corrected chi connectivity index (χ2v) is 7.01. The molecule has 1 fully saturated rings. The number of hydrogen-bond acceptors (Lipinski definition) is 3. The maximum Gasteiger partial charge on any atom is 0.219 e. The van der Waals surface area contributed by atoms with Crippen LogP contribution in [0.1, 0.15) is 33.3 Å². The molecule has 1 amide bonds. The molecule has 27 heavy (non-hydrogen) atoms. The Kier molecular flexibility index (Phi) is 10.5. The van der Waals surface area contributed by atoms with Crippen LogP contribution in [0.3, 0.4) is 0 Å². The summed E-state index contributed by atoms with van der Waals surface area (Å²) in [5.74, 6) is 2.48. The van der Waals surface area contributed by atoms with Gasteiger partial charge in [-0.3, -0.25) is 4.79 Å². The van der Waals surface area contributed by atoms with Crippen molar-refractivity contribution < 1.29 is 9.53 Å². The zero-order valence-electron chi connectivity index (χ0n) is 16.9. The first-order chi connectivity index (χ1) is 12.5. The summed E-state index contributed by atoms with van der Waals surface area (Å²) < 4.78 is 5.72. The van der Waals surface area contributed by atoms with Gasteiger partial charge in [-0.15, -0.1) is 24.0 Å². The molecule has 2 rings (SSSR count). The van der Waals surface area contributed by atoms with Crippen molar-refractivity contribution in [1.29, 1.82) is 0 Å². The van der Waals surface area contributed by atoms with E-state index in [1.165, 1.54) is 0 Å². The summed E-state index contributed by atoms with van der Waals surface area (Å²) in [4.78, 5) is 20.4. The molecular formula is C20H33IN4O2. The number of carbonyl (C=O) groups excluding carboxylic acids is 1. The van der Waals surface area contributed by atoms with Crippen LogP contribution < -0.4 is 10.1 Å². The fourth-order valence-electron chi connectivity index (χ4n) is 2.78. The third kappa shape index (κ3) is 7.94. The number of amides is 1. The summed E-state index contributed by atoms with van der Waals surface area (Å²) in [6, 6.07) is 8.14. The lowest BCUT2D eigenvalue weighted by molar-refractivity contribution is -0.130. The highest BCUT2D eigenvalue weighted by molar-refractivity contribution is 14.0. The maximum absolute atomic E-state index is 11.5. The molecule has 0 saturated carbocycles. The van der Waals surface area contributed by atoms with Crippen molar-refractivity contribution in [3.63, 3.8) is 0 Å². The summed E-state index contributed by atoms with van der Waals surface area (Å²) in [7, 11) is 0. The number of aliphatic imine (C=N–C) groups is 1. The number of halogens is 1. The summed E-state index contributed by atoms with van der Waals surface area (Å²) in [6.45, 7) is 13.3. The zero-order valence-corrected chi connectivity index (χ0v) is 19.2. The molecule has 0 unspecified atom stereocenters. The summed E-state index contributed by atoms with van der Waals surface area (Å²) >= 11 is 0. The van der Waals surface area contributed by atoms with E-state index in [1.54, 1.807) is 6.92 Å². The lowest BCUT2D eigenvalue weighted by Gasteiger charge is -2.36. The molecule has 1 heterocycles. The highest BCUT2D eigenvalue weighted by Crippen LogP contribution is 2.14. The van der Waals surface area contributed by atoms with Gasteiger partial charge in [0.25, 0.3) is 0 Å². The van der Waals surface area contributed by atoms with Gasteiger partial charge in [0.1, 0.15) is 5.75 Å². The second kappa shape index (κ2) is 12.0. The van der Waals surface area contributed by atoms with Gasteiger partial charge in [-0.05, 0) is 30.5 Å². The van der Waals surface area contributed by atoms with Gasteiger partial charge in [0.2, 0.25) is 5.91 Å². The Morgan fingerprint density at radius 1 is 1.15 bits per heavy atom. The molecule has 6 nitrogen and oxygen atoms in total. The Bertz CT molecular complexity index is 597.